The smallest absolute Gasteiger partial charge is 0.410 e. The van der Waals surface area contributed by atoms with E-state index in [1.807, 2.05) is 27.7 Å². The third-order valence-electron chi connectivity index (χ3n) is 4.61. The fraction of sp³-hybridized carbons (Fsp3) is 0.895. The first-order valence-corrected chi connectivity index (χ1v) is 9.31. The van der Waals surface area contributed by atoms with Gasteiger partial charge >= 0.3 is 12.1 Å². The fourth-order valence-corrected chi connectivity index (χ4v) is 3.17. The zero-order valence-electron chi connectivity index (χ0n) is 16.1. The second-order valence-corrected chi connectivity index (χ2v) is 7.92. The summed E-state index contributed by atoms with van der Waals surface area (Å²) in [7, 11) is 1.80. The Labute approximate surface area is 147 Å². The van der Waals surface area contributed by atoms with Gasteiger partial charge in [0.1, 0.15) is 5.60 Å². The molecule has 0 aliphatic heterocycles. The first-order chi connectivity index (χ1) is 11.2. The molecule has 5 nitrogen and oxygen atoms in total. The maximum Gasteiger partial charge on any atom is 0.410 e. The molecule has 0 bridgehead atoms. The molecule has 0 heterocycles. The molecule has 0 radical (unpaired) electrons. The van der Waals surface area contributed by atoms with Crippen LogP contribution in [0.3, 0.4) is 0 Å². The zero-order valence-corrected chi connectivity index (χ0v) is 16.1. The lowest BCUT2D eigenvalue weighted by Gasteiger charge is -2.30. The summed E-state index contributed by atoms with van der Waals surface area (Å²) >= 11 is 0. The molecule has 0 saturated heterocycles. The van der Waals surface area contributed by atoms with Crippen molar-refractivity contribution in [3.8, 4) is 0 Å². The topological polar surface area (TPSA) is 55.8 Å². The van der Waals surface area contributed by atoms with Crippen LogP contribution in [-0.4, -0.2) is 42.8 Å². The molecule has 5 heteroatoms. The average Bonchev–Trinajstić information content (AvgIpc) is 2.50. The molecule has 0 aromatic rings. The Morgan fingerprint density at radius 1 is 1.04 bits per heavy atom. The first-order valence-electron chi connectivity index (χ1n) is 9.31. The van der Waals surface area contributed by atoms with E-state index in [1.54, 1.807) is 11.9 Å². The van der Waals surface area contributed by atoms with E-state index in [-0.39, 0.29) is 12.1 Å². The molecule has 1 amide bonds. The van der Waals surface area contributed by atoms with Gasteiger partial charge in [-0.3, -0.25) is 4.79 Å². The van der Waals surface area contributed by atoms with E-state index in [2.05, 4.69) is 0 Å². The van der Waals surface area contributed by atoms with Crippen molar-refractivity contribution < 1.29 is 19.1 Å². The number of carbonyl (C=O) groups excluding carboxylic acids is 2. The van der Waals surface area contributed by atoms with Gasteiger partial charge in [-0.05, 0) is 52.4 Å². The highest BCUT2D eigenvalue weighted by atomic mass is 16.6. The fourth-order valence-electron chi connectivity index (χ4n) is 3.17. The van der Waals surface area contributed by atoms with Crippen LogP contribution in [-0.2, 0) is 14.3 Å². The minimum absolute atomic E-state index is 0.0707. The molecule has 1 aliphatic carbocycles. The second kappa shape index (κ2) is 9.90. The van der Waals surface area contributed by atoms with Crippen molar-refractivity contribution in [1.82, 2.24) is 4.90 Å². The highest BCUT2D eigenvalue weighted by Gasteiger charge is 2.24. The highest BCUT2D eigenvalue weighted by Crippen LogP contribution is 2.33. The van der Waals surface area contributed by atoms with Crippen LogP contribution in [0.4, 0.5) is 4.79 Å². The summed E-state index contributed by atoms with van der Waals surface area (Å²) in [6.07, 6.45) is 7.02. The molecule has 24 heavy (non-hydrogen) atoms. The van der Waals surface area contributed by atoms with Crippen molar-refractivity contribution in [1.29, 1.82) is 0 Å². The summed E-state index contributed by atoms with van der Waals surface area (Å²) < 4.78 is 10.4. The van der Waals surface area contributed by atoms with Crippen LogP contribution in [0, 0.1) is 11.8 Å². The number of hydrogen-bond donors (Lipinski definition) is 0. The van der Waals surface area contributed by atoms with Gasteiger partial charge in [0.25, 0.3) is 0 Å². The SMILES string of the molecule is CCOC(=O)CC[C@H]1CC[C@H](CCN(C)C(=O)OC(C)(C)C)CC1. The summed E-state index contributed by atoms with van der Waals surface area (Å²) in [5, 5.41) is 0. The third-order valence-corrected chi connectivity index (χ3v) is 4.61. The number of carbonyl (C=O) groups is 2. The van der Waals surface area contributed by atoms with E-state index in [9.17, 15) is 9.59 Å². The van der Waals surface area contributed by atoms with Gasteiger partial charge in [0.2, 0.25) is 0 Å². The Morgan fingerprint density at radius 2 is 1.58 bits per heavy atom. The quantitative estimate of drug-likeness (QED) is 0.644. The van der Waals surface area contributed by atoms with Crippen molar-refractivity contribution in [2.45, 2.75) is 78.2 Å². The van der Waals surface area contributed by atoms with Crippen LogP contribution in [0.25, 0.3) is 0 Å². The molecule has 1 saturated carbocycles. The Bertz CT molecular complexity index is 395. The maximum absolute atomic E-state index is 11.9. The van der Waals surface area contributed by atoms with Crippen LogP contribution in [0.5, 0.6) is 0 Å². The Balaban J connectivity index is 2.19. The Hall–Kier alpha value is -1.26. The van der Waals surface area contributed by atoms with Gasteiger partial charge in [-0.1, -0.05) is 25.7 Å². The molecular formula is C19H35NO4. The number of amides is 1. The van der Waals surface area contributed by atoms with E-state index in [0.717, 1.165) is 19.4 Å². The number of esters is 1. The van der Waals surface area contributed by atoms with Gasteiger partial charge in [-0.2, -0.15) is 0 Å². The largest absolute Gasteiger partial charge is 0.466 e. The van der Waals surface area contributed by atoms with Crippen LogP contribution >= 0.6 is 0 Å². The normalized spacial score (nSPS) is 21.2. The number of rotatable bonds is 7. The Morgan fingerprint density at radius 3 is 2.08 bits per heavy atom. The molecule has 0 aromatic heterocycles. The van der Waals surface area contributed by atoms with Crippen LogP contribution in [0.1, 0.15) is 72.6 Å². The maximum atomic E-state index is 11.9. The molecule has 1 aliphatic rings. The summed E-state index contributed by atoms with van der Waals surface area (Å²) in [5.74, 6) is 1.25. The van der Waals surface area contributed by atoms with Crippen molar-refractivity contribution >= 4 is 12.1 Å². The van der Waals surface area contributed by atoms with Crippen LogP contribution in [0.2, 0.25) is 0 Å². The van der Waals surface area contributed by atoms with Gasteiger partial charge in [0.15, 0.2) is 0 Å². The summed E-state index contributed by atoms with van der Waals surface area (Å²) in [6, 6.07) is 0. The second-order valence-electron chi connectivity index (χ2n) is 7.92. The summed E-state index contributed by atoms with van der Waals surface area (Å²) in [6.45, 7) is 8.71. The predicted molar refractivity (Wildman–Crippen MR) is 94.8 cm³/mol. The third kappa shape index (κ3) is 8.55. The molecule has 0 atom stereocenters. The lowest BCUT2D eigenvalue weighted by Crippen LogP contribution is -2.35. The Kier molecular flexibility index (Phi) is 8.57. The van der Waals surface area contributed by atoms with Gasteiger partial charge in [-0.15, -0.1) is 0 Å². The van der Waals surface area contributed by atoms with Crippen LogP contribution < -0.4 is 0 Å². The molecule has 0 N–H and O–H groups in total. The monoisotopic (exact) mass is 341 g/mol. The van der Waals surface area contributed by atoms with Crippen molar-refractivity contribution in [3.63, 3.8) is 0 Å². The number of hydrogen-bond acceptors (Lipinski definition) is 4. The zero-order chi connectivity index (χ0) is 18.2. The van der Waals surface area contributed by atoms with Crippen molar-refractivity contribution in [2.24, 2.45) is 11.8 Å². The van der Waals surface area contributed by atoms with E-state index in [4.69, 9.17) is 9.47 Å². The standard InChI is InChI=1S/C19H35NO4/c1-6-23-17(21)12-11-15-7-9-16(10-8-15)13-14-20(5)18(22)24-19(2,3)4/h15-16H,6-14H2,1-5H3/t15-,16-. The number of nitrogens with zero attached hydrogens (tertiary/aromatic N) is 1. The van der Waals surface area contributed by atoms with E-state index in [0.29, 0.717) is 24.9 Å². The van der Waals surface area contributed by atoms with Gasteiger partial charge in [-0.25, -0.2) is 4.79 Å². The van der Waals surface area contributed by atoms with E-state index in [1.165, 1.54) is 25.7 Å². The molecule has 0 spiro atoms. The summed E-state index contributed by atoms with van der Waals surface area (Å²) in [4.78, 5) is 25.0. The lowest BCUT2D eigenvalue weighted by atomic mass is 9.79. The molecule has 1 rings (SSSR count). The minimum Gasteiger partial charge on any atom is -0.466 e. The minimum atomic E-state index is -0.442. The summed E-state index contributed by atoms with van der Waals surface area (Å²) in [5.41, 5.74) is -0.442. The van der Waals surface area contributed by atoms with Gasteiger partial charge in [0, 0.05) is 20.0 Å². The molecule has 1 fully saturated rings. The van der Waals surface area contributed by atoms with E-state index >= 15 is 0 Å². The highest BCUT2D eigenvalue weighted by molar-refractivity contribution is 5.69. The molecular weight excluding hydrogens is 306 g/mol. The molecule has 0 aromatic carbocycles. The molecule has 0 unspecified atom stereocenters. The lowest BCUT2D eigenvalue weighted by molar-refractivity contribution is -0.143. The predicted octanol–water partition coefficient (Wildman–Crippen LogP) is 4.39. The van der Waals surface area contributed by atoms with Crippen LogP contribution in [0.15, 0.2) is 0 Å². The van der Waals surface area contributed by atoms with Crippen molar-refractivity contribution in [2.75, 3.05) is 20.2 Å². The molecule has 140 valence electrons. The first kappa shape index (κ1) is 20.8. The van der Waals surface area contributed by atoms with E-state index < -0.39 is 5.60 Å². The van der Waals surface area contributed by atoms with Crippen molar-refractivity contribution in [3.05, 3.63) is 0 Å². The number of ether oxygens (including phenoxy) is 2. The van der Waals surface area contributed by atoms with Gasteiger partial charge in [0.05, 0.1) is 6.61 Å². The van der Waals surface area contributed by atoms with Gasteiger partial charge < -0.3 is 14.4 Å². The average molecular weight is 341 g/mol.